The Kier molecular flexibility index (Phi) is 4.02. The summed E-state index contributed by atoms with van der Waals surface area (Å²) in [6, 6.07) is 5.51. The van der Waals surface area contributed by atoms with E-state index in [2.05, 4.69) is 10.1 Å². The fourth-order valence-electron chi connectivity index (χ4n) is 3.46. The van der Waals surface area contributed by atoms with Crippen LogP contribution >= 0.6 is 0 Å². The molecule has 1 aromatic rings. The molecule has 0 spiro atoms. The van der Waals surface area contributed by atoms with Crippen molar-refractivity contribution in [3.05, 3.63) is 36.4 Å². The number of hydrogen-bond acceptors (Lipinski definition) is 3. The molecule has 122 valence electrons. The van der Waals surface area contributed by atoms with Crippen LogP contribution in [0.1, 0.15) is 6.42 Å². The van der Waals surface area contributed by atoms with Crippen LogP contribution in [0.2, 0.25) is 0 Å². The number of rotatable bonds is 5. The highest BCUT2D eigenvalue weighted by Gasteiger charge is 2.51. The van der Waals surface area contributed by atoms with E-state index in [1.807, 2.05) is 12.2 Å². The van der Waals surface area contributed by atoms with Crippen LogP contribution in [-0.2, 0) is 9.59 Å². The van der Waals surface area contributed by atoms with Crippen molar-refractivity contribution in [3.63, 3.8) is 0 Å². The highest BCUT2D eigenvalue weighted by molar-refractivity contribution is 5.96. The first kappa shape index (κ1) is 15.5. The van der Waals surface area contributed by atoms with Crippen molar-refractivity contribution in [1.29, 1.82) is 0 Å². The minimum Gasteiger partial charge on any atom is -0.481 e. The lowest BCUT2D eigenvalue weighted by Crippen LogP contribution is -2.36. The average Bonchev–Trinajstić information content (AvgIpc) is 3.09. The van der Waals surface area contributed by atoms with Crippen molar-refractivity contribution in [2.24, 2.45) is 23.7 Å². The Bertz CT molecular complexity index is 644. The van der Waals surface area contributed by atoms with Crippen LogP contribution < -0.4 is 10.1 Å². The van der Waals surface area contributed by atoms with Crippen LogP contribution in [0.5, 0.6) is 5.75 Å². The Balaban J connectivity index is 1.69. The van der Waals surface area contributed by atoms with Gasteiger partial charge in [0, 0.05) is 5.69 Å². The number of benzene rings is 1. The number of alkyl halides is 2. The Labute approximate surface area is 130 Å². The fourth-order valence-corrected chi connectivity index (χ4v) is 3.46. The number of carboxylic acids is 1. The fraction of sp³-hybridized carbons (Fsp3) is 0.375. The molecule has 5 nitrogen and oxygen atoms in total. The van der Waals surface area contributed by atoms with Gasteiger partial charge in [0.25, 0.3) is 0 Å². The maximum atomic E-state index is 12.4. The highest BCUT2D eigenvalue weighted by atomic mass is 19.3. The Morgan fingerprint density at radius 1 is 1.13 bits per heavy atom. The van der Waals surface area contributed by atoms with Gasteiger partial charge in [0.15, 0.2) is 0 Å². The first-order valence-electron chi connectivity index (χ1n) is 7.22. The molecule has 3 rings (SSSR count). The van der Waals surface area contributed by atoms with Crippen LogP contribution in [0.4, 0.5) is 14.5 Å². The van der Waals surface area contributed by atoms with Crippen molar-refractivity contribution in [1.82, 2.24) is 0 Å². The molecule has 0 radical (unpaired) electrons. The summed E-state index contributed by atoms with van der Waals surface area (Å²) >= 11 is 0. The molecule has 1 amide bonds. The average molecular weight is 323 g/mol. The number of carbonyl (C=O) groups excluding carboxylic acids is 1. The first-order valence-corrected chi connectivity index (χ1v) is 7.22. The van der Waals surface area contributed by atoms with Crippen molar-refractivity contribution < 1.29 is 28.2 Å². The predicted molar refractivity (Wildman–Crippen MR) is 77.1 cm³/mol. The number of anilines is 1. The summed E-state index contributed by atoms with van der Waals surface area (Å²) in [5.41, 5.74) is 0.410. The zero-order valence-electron chi connectivity index (χ0n) is 12.0. The lowest BCUT2D eigenvalue weighted by Gasteiger charge is -2.23. The van der Waals surface area contributed by atoms with Gasteiger partial charge in [-0.05, 0) is 42.5 Å². The van der Waals surface area contributed by atoms with Crippen molar-refractivity contribution in [2.75, 3.05) is 5.32 Å². The van der Waals surface area contributed by atoms with Gasteiger partial charge in [-0.1, -0.05) is 12.2 Å². The van der Waals surface area contributed by atoms with Crippen molar-refractivity contribution >= 4 is 17.6 Å². The quantitative estimate of drug-likeness (QED) is 0.817. The number of aliphatic carboxylic acids is 1. The lowest BCUT2D eigenvalue weighted by molar-refractivity contribution is -0.146. The maximum Gasteiger partial charge on any atom is 0.387 e. The molecule has 0 heterocycles. The van der Waals surface area contributed by atoms with E-state index in [0.717, 1.165) is 0 Å². The zero-order chi connectivity index (χ0) is 16.6. The number of amides is 1. The Morgan fingerprint density at radius 3 is 2.30 bits per heavy atom. The molecule has 1 fully saturated rings. The topological polar surface area (TPSA) is 75.6 Å². The number of nitrogens with one attached hydrogen (secondary N) is 1. The van der Waals surface area contributed by atoms with Gasteiger partial charge in [-0.15, -0.1) is 0 Å². The molecular formula is C16H15F2NO4. The summed E-state index contributed by atoms with van der Waals surface area (Å²) in [4.78, 5) is 23.8. The standard InChI is InChI=1S/C16H15F2NO4/c17-16(18)23-11-5-3-10(4-6-11)19-14(20)12-8-1-2-9(7-8)13(12)15(21)22/h1-6,8-9,12-13,16H,7H2,(H,19,20)(H,21,22)/t8-,9-,12-,13-/m0/s1. The van der Waals surface area contributed by atoms with E-state index in [-0.39, 0.29) is 23.5 Å². The van der Waals surface area contributed by atoms with Gasteiger partial charge >= 0.3 is 12.6 Å². The van der Waals surface area contributed by atoms with Gasteiger partial charge in [0.2, 0.25) is 5.91 Å². The third-order valence-electron chi connectivity index (χ3n) is 4.39. The predicted octanol–water partition coefficient (Wildman–Crippen LogP) is 2.75. The Morgan fingerprint density at radius 2 is 1.74 bits per heavy atom. The smallest absolute Gasteiger partial charge is 0.387 e. The molecule has 7 heteroatoms. The molecule has 4 atom stereocenters. The van der Waals surface area contributed by atoms with E-state index in [4.69, 9.17) is 0 Å². The van der Waals surface area contributed by atoms with Crippen LogP contribution in [0, 0.1) is 23.7 Å². The van der Waals surface area contributed by atoms with Crippen LogP contribution in [0.3, 0.4) is 0 Å². The molecule has 2 N–H and O–H groups in total. The summed E-state index contributed by atoms with van der Waals surface area (Å²) in [6.45, 7) is -2.91. The summed E-state index contributed by atoms with van der Waals surface area (Å²) in [5, 5.41) is 12.0. The van der Waals surface area contributed by atoms with E-state index in [0.29, 0.717) is 12.1 Å². The number of fused-ring (bicyclic) bond motifs is 2. The molecule has 2 bridgehead atoms. The second kappa shape index (κ2) is 5.98. The van der Waals surface area contributed by atoms with Crippen molar-refractivity contribution in [3.8, 4) is 5.75 Å². The zero-order valence-corrected chi connectivity index (χ0v) is 12.0. The van der Waals surface area contributed by atoms with Crippen LogP contribution in [0.15, 0.2) is 36.4 Å². The van der Waals surface area contributed by atoms with E-state index in [9.17, 15) is 23.5 Å². The van der Waals surface area contributed by atoms with E-state index in [1.165, 1.54) is 24.3 Å². The molecular weight excluding hydrogens is 308 g/mol. The number of allylic oxidation sites excluding steroid dienone is 2. The number of carboxylic acid groups (broad SMARTS) is 1. The molecule has 0 saturated heterocycles. The second-order valence-electron chi connectivity index (χ2n) is 5.73. The van der Waals surface area contributed by atoms with Gasteiger partial charge < -0.3 is 15.2 Å². The van der Waals surface area contributed by atoms with Gasteiger partial charge in [-0.3, -0.25) is 9.59 Å². The molecule has 1 saturated carbocycles. The van der Waals surface area contributed by atoms with Gasteiger partial charge in [0.1, 0.15) is 5.75 Å². The summed E-state index contributed by atoms with van der Waals surface area (Å²) in [5.74, 6) is -2.84. The van der Waals surface area contributed by atoms with Gasteiger partial charge in [0.05, 0.1) is 11.8 Å². The molecule has 1 aromatic carbocycles. The number of carbonyl (C=O) groups is 2. The normalized spacial score (nSPS) is 28.1. The summed E-state index contributed by atoms with van der Waals surface area (Å²) in [6.07, 6.45) is 4.44. The highest BCUT2D eigenvalue weighted by Crippen LogP contribution is 2.48. The molecule has 23 heavy (non-hydrogen) atoms. The molecule has 2 aliphatic rings. The van der Waals surface area contributed by atoms with Crippen LogP contribution in [-0.4, -0.2) is 23.6 Å². The van der Waals surface area contributed by atoms with E-state index < -0.39 is 24.4 Å². The summed E-state index contributed by atoms with van der Waals surface area (Å²) in [7, 11) is 0. The van der Waals surface area contributed by atoms with Gasteiger partial charge in [-0.25, -0.2) is 0 Å². The molecule has 0 aromatic heterocycles. The minimum absolute atomic E-state index is 0.00994. The second-order valence-corrected chi connectivity index (χ2v) is 5.73. The van der Waals surface area contributed by atoms with Gasteiger partial charge in [-0.2, -0.15) is 8.78 Å². The monoisotopic (exact) mass is 323 g/mol. The number of ether oxygens (including phenoxy) is 1. The van der Waals surface area contributed by atoms with Crippen molar-refractivity contribution in [2.45, 2.75) is 13.0 Å². The number of halogens is 2. The van der Waals surface area contributed by atoms with E-state index in [1.54, 1.807) is 0 Å². The third kappa shape index (κ3) is 3.04. The molecule has 2 aliphatic carbocycles. The minimum atomic E-state index is -2.91. The molecule has 0 aliphatic heterocycles. The Hall–Kier alpha value is -2.44. The number of hydrogen-bond donors (Lipinski definition) is 2. The largest absolute Gasteiger partial charge is 0.481 e. The van der Waals surface area contributed by atoms with E-state index >= 15 is 0 Å². The lowest BCUT2D eigenvalue weighted by atomic mass is 9.82. The maximum absolute atomic E-state index is 12.4. The molecule has 0 unspecified atom stereocenters. The summed E-state index contributed by atoms with van der Waals surface area (Å²) < 4.78 is 28.4. The third-order valence-corrected chi connectivity index (χ3v) is 4.39. The first-order chi connectivity index (χ1) is 11.0. The SMILES string of the molecule is O=C(O)[C@@H]1[C@@H](C(=O)Nc2ccc(OC(F)F)cc2)[C@H]2C=C[C@H]1C2. The van der Waals surface area contributed by atoms with Crippen LogP contribution in [0.25, 0.3) is 0 Å².